The number of benzene rings is 2. The summed E-state index contributed by atoms with van der Waals surface area (Å²) < 4.78 is 14.7. The second-order valence-corrected chi connectivity index (χ2v) is 8.44. The smallest absolute Gasteiger partial charge is 0.227 e. The van der Waals surface area contributed by atoms with Gasteiger partial charge in [-0.15, -0.1) is 0 Å². The standard InChI is InChI=1S/C25H26FN5O/c26-22-16-19(28-24(32)17-4-5-17)8-11-21(22)23-12-13-27-25(30-23)29-18-6-9-20(10-7-18)31-14-2-1-3-15-31/h6-13,16-17H,1-5,14-15H2,(H,28,32)(H,27,29,30). The van der Waals surface area contributed by atoms with Crippen molar-refractivity contribution in [1.82, 2.24) is 9.97 Å². The molecule has 164 valence electrons. The van der Waals surface area contributed by atoms with Gasteiger partial charge in [-0.3, -0.25) is 4.79 Å². The third-order valence-electron chi connectivity index (χ3n) is 5.96. The van der Waals surface area contributed by atoms with Crippen LogP contribution in [0.2, 0.25) is 0 Å². The summed E-state index contributed by atoms with van der Waals surface area (Å²) in [7, 11) is 0. The monoisotopic (exact) mass is 431 g/mol. The second-order valence-electron chi connectivity index (χ2n) is 8.44. The van der Waals surface area contributed by atoms with Crippen molar-refractivity contribution >= 4 is 28.9 Å². The lowest BCUT2D eigenvalue weighted by atomic mass is 10.1. The number of nitrogens with zero attached hydrogens (tertiary/aromatic N) is 3. The summed E-state index contributed by atoms with van der Waals surface area (Å²) in [6.45, 7) is 2.21. The van der Waals surface area contributed by atoms with Gasteiger partial charge in [0, 0.05) is 47.8 Å². The number of anilines is 4. The summed E-state index contributed by atoms with van der Waals surface area (Å²) in [6, 6.07) is 14.6. The van der Waals surface area contributed by atoms with Gasteiger partial charge in [0.15, 0.2) is 0 Å². The number of carbonyl (C=O) groups is 1. The molecule has 1 aliphatic carbocycles. The molecule has 1 aromatic heterocycles. The Labute approximate surface area is 186 Å². The Morgan fingerprint density at radius 3 is 2.44 bits per heavy atom. The summed E-state index contributed by atoms with van der Waals surface area (Å²) in [5.41, 5.74) is 3.40. The van der Waals surface area contributed by atoms with Gasteiger partial charge in [-0.1, -0.05) is 0 Å². The van der Waals surface area contributed by atoms with E-state index in [4.69, 9.17) is 0 Å². The summed E-state index contributed by atoms with van der Waals surface area (Å²) in [5.74, 6) is -0.00741. The van der Waals surface area contributed by atoms with E-state index in [1.54, 1.807) is 24.4 Å². The Bertz CT molecular complexity index is 1110. The fourth-order valence-electron chi connectivity index (χ4n) is 4.00. The number of hydrogen-bond acceptors (Lipinski definition) is 5. The molecule has 6 nitrogen and oxygen atoms in total. The van der Waals surface area contributed by atoms with E-state index in [1.165, 1.54) is 31.0 Å². The van der Waals surface area contributed by atoms with Crippen LogP contribution in [-0.2, 0) is 4.79 Å². The van der Waals surface area contributed by atoms with Gasteiger partial charge in [0.05, 0.1) is 5.69 Å². The van der Waals surface area contributed by atoms with Crippen LogP contribution in [0.25, 0.3) is 11.3 Å². The topological polar surface area (TPSA) is 70.2 Å². The lowest BCUT2D eigenvalue weighted by molar-refractivity contribution is -0.117. The zero-order valence-corrected chi connectivity index (χ0v) is 17.9. The van der Waals surface area contributed by atoms with Crippen LogP contribution in [0, 0.1) is 11.7 Å². The summed E-state index contributed by atoms with van der Waals surface area (Å²) in [6.07, 6.45) is 7.21. The van der Waals surface area contributed by atoms with Crippen LogP contribution in [0.4, 0.5) is 27.4 Å². The van der Waals surface area contributed by atoms with Crippen molar-refractivity contribution < 1.29 is 9.18 Å². The van der Waals surface area contributed by atoms with Crippen LogP contribution < -0.4 is 15.5 Å². The highest BCUT2D eigenvalue weighted by atomic mass is 19.1. The van der Waals surface area contributed by atoms with Crippen molar-refractivity contribution in [3.63, 3.8) is 0 Å². The van der Waals surface area contributed by atoms with Gasteiger partial charge in [0.25, 0.3) is 0 Å². The normalized spacial score (nSPS) is 16.0. The zero-order valence-electron chi connectivity index (χ0n) is 17.9. The molecule has 1 saturated carbocycles. The summed E-state index contributed by atoms with van der Waals surface area (Å²) in [4.78, 5) is 23.1. The molecular formula is C25H26FN5O. The molecule has 2 aromatic carbocycles. The molecule has 5 rings (SSSR count). The van der Waals surface area contributed by atoms with Crippen molar-refractivity contribution in [2.45, 2.75) is 32.1 Å². The number of halogens is 1. The molecule has 1 aliphatic heterocycles. The number of nitrogens with one attached hydrogen (secondary N) is 2. The highest BCUT2D eigenvalue weighted by Gasteiger charge is 2.29. The Kier molecular flexibility index (Phi) is 5.71. The quantitative estimate of drug-likeness (QED) is 0.549. The van der Waals surface area contributed by atoms with Crippen LogP contribution in [0.1, 0.15) is 32.1 Å². The van der Waals surface area contributed by atoms with Crippen LogP contribution in [0.3, 0.4) is 0 Å². The Morgan fingerprint density at radius 1 is 0.969 bits per heavy atom. The van der Waals surface area contributed by atoms with E-state index in [2.05, 4.69) is 37.6 Å². The van der Waals surface area contributed by atoms with E-state index < -0.39 is 5.82 Å². The predicted octanol–water partition coefficient (Wildman–Crippen LogP) is 5.37. The van der Waals surface area contributed by atoms with Crippen molar-refractivity contribution in [2.24, 2.45) is 5.92 Å². The average Bonchev–Trinajstić information content (AvgIpc) is 3.66. The van der Waals surface area contributed by atoms with E-state index in [0.717, 1.165) is 31.6 Å². The van der Waals surface area contributed by atoms with E-state index in [1.807, 2.05) is 12.1 Å². The molecule has 0 atom stereocenters. The maximum absolute atomic E-state index is 14.7. The van der Waals surface area contributed by atoms with Gasteiger partial charge >= 0.3 is 0 Å². The first kappa shape index (κ1) is 20.4. The third kappa shape index (κ3) is 4.72. The van der Waals surface area contributed by atoms with Crippen LogP contribution in [-0.4, -0.2) is 29.0 Å². The molecule has 7 heteroatoms. The Hall–Kier alpha value is -3.48. The average molecular weight is 432 g/mol. The minimum Gasteiger partial charge on any atom is -0.372 e. The first-order chi connectivity index (χ1) is 15.7. The minimum absolute atomic E-state index is 0.0445. The van der Waals surface area contributed by atoms with Crippen LogP contribution in [0.15, 0.2) is 54.7 Å². The van der Waals surface area contributed by atoms with Crippen molar-refractivity contribution in [3.8, 4) is 11.3 Å². The molecule has 0 radical (unpaired) electrons. The molecular weight excluding hydrogens is 405 g/mol. The fourth-order valence-corrected chi connectivity index (χ4v) is 4.00. The van der Waals surface area contributed by atoms with Crippen LogP contribution >= 0.6 is 0 Å². The second kappa shape index (κ2) is 8.94. The van der Waals surface area contributed by atoms with Crippen molar-refractivity contribution in [3.05, 3.63) is 60.5 Å². The van der Waals surface area contributed by atoms with Crippen molar-refractivity contribution in [2.75, 3.05) is 28.6 Å². The van der Waals surface area contributed by atoms with Gasteiger partial charge in [-0.2, -0.15) is 0 Å². The number of amides is 1. The lowest BCUT2D eigenvalue weighted by Gasteiger charge is -2.28. The minimum atomic E-state index is -0.436. The number of aromatic nitrogens is 2. The number of hydrogen-bond donors (Lipinski definition) is 2. The lowest BCUT2D eigenvalue weighted by Crippen LogP contribution is -2.29. The molecule has 2 aliphatic rings. The van der Waals surface area contributed by atoms with Gasteiger partial charge in [0.1, 0.15) is 5.82 Å². The number of rotatable bonds is 6. The number of piperidine rings is 1. The zero-order chi connectivity index (χ0) is 21.9. The SMILES string of the molecule is O=C(Nc1ccc(-c2ccnc(Nc3ccc(N4CCCCC4)cc3)n2)c(F)c1)C1CC1. The van der Waals surface area contributed by atoms with Gasteiger partial charge in [-0.05, 0) is 80.6 Å². The fraction of sp³-hybridized carbons (Fsp3) is 0.320. The molecule has 0 spiro atoms. The Morgan fingerprint density at radius 2 is 1.72 bits per heavy atom. The Balaban J connectivity index is 1.28. The first-order valence-corrected chi connectivity index (χ1v) is 11.2. The molecule has 2 fully saturated rings. The molecule has 2 N–H and O–H groups in total. The third-order valence-corrected chi connectivity index (χ3v) is 5.96. The molecule has 0 bridgehead atoms. The van der Waals surface area contributed by atoms with Crippen LogP contribution in [0.5, 0.6) is 0 Å². The molecule has 3 aromatic rings. The largest absolute Gasteiger partial charge is 0.372 e. The van der Waals surface area contributed by atoms with Gasteiger partial charge in [0.2, 0.25) is 11.9 Å². The molecule has 32 heavy (non-hydrogen) atoms. The highest BCUT2D eigenvalue weighted by molar-refractivity contribution is 5.94. The van der Waals surface area contributed by atoms with Gasteiger partial charge in [-0.25, -0.2) is 14.4 Å². The predicted molar refractivity (Wildman–Crippen MR) is 125 cm³/mol. The maximum atomic E-state index is 14.7. The van der Waals surface area contributed by atoms with E-state index in [-0.39, 0.29) is 11.8 Å². The van der Waals surface area contributed by atoms with E-state index >= 15 is 0 Å². The van der Waals surface area contributed by atoms with Gasteiger partial charge < -0.3 is 15.5 Å². The first-order valence-electron chi connectivity index (χ1n) is 11.2. The molecule has 0 unspecified atom stereocenters. The summed E-state index contributed by atoms with van der Waals surface area (Å²) in [5, 5.41) is 5.97. The number of carbonyl (C=O) groups excluding carboxylic acids is 1. The molecule has 2 heterocycles. The van der Waals surface area contributed by atoms with E-state index in [0.29, 0.717) is 22.9 Å². The maximum Gasteiger partial charge on any atom is 0.227 e. The molecule has 1 saturated heterocycles. The van der Waals surface area contributed by atoms with E-state index in [9.17, 15) is 9.18 Å². The summed E-state index contributed by atoms with van der Waals surface area (Å²) >= 11 is 0. The highest BCUT2D eigenvalue weighted by Crippen LogP contribution is 2.31. The van der Waals surface area contributed by atoms with Crippen molar-refractivity contribution in [1.29, 1.82) is 0 Å². The molecule has 1 amide bonds.